The molecule has 0 unspecified atom stereocenters. The smallest absolute Gasteiger partial charge is 0.410 e. The first kappa shape index (κ1) is 13.5. The van der Waals surface area contributed by atoms with Crippen LogP contribution in [-0.2, 0) is 18.1 Å². The standard InChI is InChI=1S/C6H11BrClO4P/c1-3-10-13(9,11-4-2)12-5-6(7)8/h5H,3-4H2,1-2H3/b6-5-. The van der Waals surface area contributed by atoms with Crippen LogP contribution in [0.4, 0.5) is 0 Å². The zero-order valence-corrected chi connectivity index (χ0v) is 10.6. The Morgan fingerprint density at radius 1 is 1.46 bits per heavy atom. The maximum absolute atomic E-state index is 11.5. The summed E-state index contributed by atoms with van der Waals surface area (Å²) in [7, 11) is -3.46. The molecule has 0 aliphatic carbocycles. The highest BCUT2D eigenvalue weighted by atomic mass is 79.9. The van der Waals surface area contributed by atoms with Crippen molar-refractivity contribution in [3.05, 3.63) is 10.2 Å². The Morgan fingerprint density at radius 2 is 1.92 bits per heavy atom. The third-order valence-electron chi connectivity index (χ3n) is 0.845. The zero-order valence-electron chi connectivity index (χ0n) is 7.33. The number of phosphoric acid groups is 1. The molecule has 4 nitrogen and oxygen atoms in total. The first-order valence-electron chi connectivity index (χ1n) is 3.62. The molecule has 0 atom stereocenters. The highest BCUT2D eigenvalue weighted by molar-refractivity contribution is 9.12. The normalized spacial score (nSPS) is 13.1. The van der Waals surface area contributed by atoms with Gasteiger partial charge in [0, 0.05) is 0 Å². The largest absolute Gasteiger partial charge is 0.529 e. The van der Waals surface area contributed by atoms with Crippen LogP contribution < -0.4 is 0 Å². The molecule has 0 aliphatic rings. The van der Waals surface area contributed by atoms with Crippen molar-refractivity contribution in [1.82, 2.24) is 0 Å². The zero-order chi connectivity index (χ0) is 10.3. The maximum Gasteiger partial charge on any atom is 0.529 e. The molecule has 0 fully saturated rings. The summed E-state index contributed by atoms with van der Waals surface area (Å²) in [5, 5.41) is 0. The van der Waals surface area contributed by atoms with E-state index in [1.54, 1.807) is 13.8 Å². The van der Waals surface area contributed by atoms with E-state index in [0.29, 0.717) is 0 Å². The Hall–Kier alpha value is 0.460. The van der Waals surface area contributed by atoms with E-state index in [9.17, 15) is 4.57 Å². The molecule has 0 aromatic heterocycles. The summed E-state index contributed by atoms with van der Waals surface area (Å²) in [4.78, 5) is 0. The van der Waals surface area contributed by atoms with E-state index in [-0.39, 0.29) is 17.2 Å². The van der Waals surface area contributed by atoms with E-state index in [1.807, 2.05) is 0 Å². The Bertz CT molecular complexity index is 207. The van der Waals surface area contributed by atoms with Gasteiger partial charge >= 0.3 is 7.82 Å². The van der Waals surface area contributed by atoms with Crippen molar-refractivity contribution in [2.45, 2.75) is 13.8 Å². The second-order valence-electron chi connectivity index (χ2n) is 1.80. The molecule has 0 aromatic rings. The molecule has 0 amide bonds. The molecule has 0 rings (SSSR count). The number of hydrogen-bond acceptors (Lipinski definition) is 4. The van der Waals surface area contributed by atoms with Gasteiger partial charge in [0.05, 0.1) is 13.2 Å². The molecule has 0 saturated carbocycles. The molecule has 0 bridgehead atoms. The van der Waals surface area contributed by atoms with Crippen molar-refractivity contribution < 1.29 is 18.1 Å². The van der Waals surface area contributed by atoms with Crippen molar-refractivity contribution >= 4 is 35.4 Å². The fourth-order valence-corrected chi connectivity index (χ4v) is 1.93. The van der Waals surface area contributed by atoms with Gasteiger partial charge < -0.3 is 4.52 Å². The lowest BCUT2D eigenvalue weighted by Gasteiger charge is -2.14. The second-order valence-corrected chi connectivity index (χ2v) is 5.14. The average Bonchev–Trinajstić information content (AvgIpc) is 2.02. The fourth-order valence-electron chi connectivity index (χ4n) is 0.519. The maximum atomic E-state index is 11.5. The molecular formula is C6H11BrClO4P. The summed E-state index contributed by atoms with van der Waals surface area (Å²) >= 11 is 8.30. The van der Waals surface area contributed by atoms with E-state index in [1.165, 1.54) is 0 Å². The van der Waals surface area contributed by atoms with Crippen LogP contribution in [0.15, 0.2) is 10.2 Å². The van der Waals surface area contributed by atoms with E-state index in [4.69, 9.17) is 25.2 Å². The molecular weight excluding hydrogens is 282 g/mol. The Balaban J connectivity index is 4.24. The Kier molecular flexibility index (Phi) is 7.09. The van der Waals surface area contributed by atoms with Gasteiger partial charge in [0.25, 0.3) is 0 Å². The van der Waals surface area contributed by atoms with Gasteiger partial charge in [-0.05, 0) is 29.8 Å². The molecule has 0 saturated heterocycles. The van der Waals surface area contributed by atoms with Gasteiger partial charge in [-0.2, -0.15) is 0 Å². The lowest BCUT2D eigenvalue weighted by molar-refractivity contribution is 0.154. The SMILES string of the molecule is CCOP(=O)(O/C=C(\Cl)Br)OCC. The molecule has 0 radical (unpaired) electrons. The van der Waals surface area contributed by atoms with Gasteiger partial charge in [0.2, 0.25) is 0 Å². The van der Waals surface area contributed by atoms with Crippen molar-refractivity contribution in [2.24, 2.45) is 0 Å². The third-order valence-corrected chi connectivity index (χ3v) is 2.63. The minimum atomic E-state index is -3.46. The van der Waals surface area contributed by atoms with Crippen molar-refractivity contribution in [3.8, 4) is 0 Å². The summed E-state index contributed by atoms with van der Waals surface area (Å²) < 4.78 is 26.1. The Morgan fingerprint density at radius 3 is 2.23 bits per heavy atom. The highest BCUT2D eigenvalue weighted by Gasteiger charge is 2.25. The minimum Gasteiger partial charge on any atom is -0.410 e. The molecule has 13 heavy (non-hydrogen) atoms. The number of hydrogen-bond donors (Lipinski definition) is 0. The van der Waals surface area contributed by atoms with Crippen LogP contribution in [0.25, 0.3) is 0 Å². The predicted molar refractivity (Wildman–Crippen MR) is 54.8 cm³/mol. The minimum absolute atomic E-state index is 0.187. The first-order chi connectivity index (χ1) is 6.04. The van der Waals surface area contributed by atoms with Crippen molar-refractivity contribution in [2.75, 3.05) is 13.2 Å². The van der Waals surface area contributed by atoms with Gasteiger partial charge in [-0.3, -0.25) is 9.05 Å². The second kappa shape index (κ2) is 6.85. The van der Waals surface area contributed by atoms with E-state index in [0.717, 1.165) is 6.26 Å². The first-order valence-corrected chi connectivity index (χ1v) is 6.26. The van der Waals surface area contributed by atoms with E-state index in [2.05, 4.69) is 15.9 Å². The van der Waals surface area contributed by atoms with Gasteiger partial charge in [0.1, 0.15) is 10.2 Å². The summed E-state index contributed by atoms with van der Waals surface area (Å²) in [5.74, 6) is 0. The molecule has 0 aliphatic heterocycles. The van der Waals surface area contributed by atoms with Gasteiger partial charge in [-0.1, -0.05) is 11.6 Å². The highest BCUT2D eigenvalue weighted by Crippen LogP contribution is 2.49. The molecule has 0 aromatic carbocycles. The quantitative estimate of drug-likeness (QED) is 0.554. The van der Waals surface area contributed by atoms with Crippen LogP contribution in [0.1, 0.15) is 13.8 Å². The molecule has 7 heteroatoms. The van der Waals surface area contributed by atoms with Crippen molar-refractivity contribution in [3.63, 3.8) is 0 Å². The monoisotopic (exact) mass is 292 g/mol. The number of rotatable bonds is 6. The average molecular weight is 293 g/mol. The van der Waals surface area contributed by atoms with Crippen LogP contribution in [0.2, 0.25) is 0 Å². The summed E-state index contributed by atoms with van der Waals surface area (Å²) in [6, 6.07) is 0. The molecule has 0 heterocycles. The van der Waals surface area contributed by atoms with E-state index < -0.39 is 7.82 Å². The molecule has 0 N–H and O–H groups in total. The Labute approximate surface area is 90.9 Å². The van der Waals surface area contributed by atoms with Crippen molar-refractivity contribution in [1.29, 1.82) is 0 Å². The topological polar surface area (TPSA) is 44.8 Å². The lowest BCUT2D eigenvalue weighted by atomic mass is 10.9. The van der Waals surface area contributed by atoms with Crippen LogP contribution in [0.3, 0.4) is 0 Å². The third kappa shape index (κ3) is 6.52. The van der Waals surface area contributed by atoms with E-state index >= 15 is 0 Å². The molecule has 78 valence electrons. The summed E-state index contributed by atoms with van der Waals surface area (Å²) in [5.41, 5.74) is 0. The fraction of sp³-hybridized carbons (Fsp3) is 0.667. The summed E-state index contributed by atoms with van der Waals surface area (Å²) in [6.45, 7) is 3.86. The van der Waals surface area contributed by atoms with Crippen LogP contribution in [0, 0.1) is 0 Å². The molecule has 0 spiro atoms. The van der Waals surface area contributed by atoms with Crippen LogP contribution in [-0.4, -0.2) is 13.2 Å². The van der Waals surface area contributed by atoms with Gasteiger partial charge in [-0.25, -0.2) is 4.57 Å². The summed E-state index contributed by atoms with van der Waals surface area (Å²) in [6.07, 6.45) is 1.06. The van der Waals surface area contributed by atoms with Gasteiger partial charge in [0.15, 0.2) is 0 Å². The number of phosphoric ester groups is 1. The van der Waals surface area contributed by atoms with Crippen LogP contribution >= 0.6 is 35.4 Å². The van der Waals surface area contributed by atoms with Gasteiger partial charge in [-0.15, -0.1) is 0 Å². The number of halogens is 2. The van der Waals surface area contributed by atoms with Crippen LogP contribution in [0.5, 0.6) is 0 Å². The predicted octanol–water partition coefficient (Wildman–Crippen LogP) is 3.62. The lowest BCUT2D eigenvalue weighted by Crippen LogP contribution is -1.96.